The maximum atomic E-state index is 13.0. The third kappa shape index (κ3) is 3.64. The van der Waals surface area contributed by atoms with Crippen molar-refractivity contribution in [3.63, 3.8) is 0 Å². The lowest BCUT2D eigenvalue weighted by Gasteiger charge is -2.26. The van der Waals surface area contributed by atoms with Gasteiger partial charge in [0.05, 0.1) is 16.3 Å². The van der Waals surface area contributed by atoms with Crippen molar-refractivity contribution >= 4 is 17.2 Å². The molecular weight excluding hydrogens is 386 g/mol. The van der Waals surface area contributed by atoms with Crippen molar-refractivity contribution in [3.8, 4) is 11.4 Å². The SMILES string of the molecule is Cc1c(C(=O)N2CC=C(c3ccc(O)cc3)CC2)nnn1-c1cccc([N+](=O)[O-])c1. The first-order valence-corrected chi connectivity index (χ1v) is 9.39. The van der Waals surface area contributed by atoms with Crippen molar-refractivity contribution in [2.24, 2.45) is 0 Å². The zero-order chi connectivity index (χ0) is 21.3. The van der Waals surface area contributed by atoms with Crippen molar-refractivity contribution in [1.82, 2.24) is 19.9 Å². The number of hydrogen-bond donors (Lipinski definition) is 1. The van der Waals surface area contributed by atoms with Crippen molar-refractivity contribution in [1.29, 1.82) is 0 Å². The highest BCUT2D eigenvalue weighted by atomic mass is 16.6. The number of aromatic nitrogens is 3. The van der Waals surface area contributed by atoms with Gasteiger partial charge in [-0.2, -0.15) is 0 Å². The van der Waals surface area contributed by atoms with Crippen LogP contribution < -0.4 is 0 Å². The van der Waals surface area contributed by atoms with Gasteiger partial charge in [0, 0.05) is 25.2 Å². The zero-order valence-electron chi connectivity index (χ0n) is 16.2. The molecule has 0 unspecified atom stereocenters. The number of nitrogens with zero attached hydrogens (tertiary/aromatic N) is 5. The topological polar surface area (TPSA) is 114 Å². The number of nitro groups is 1. The first kappa shape index (κ1) is 19.3. The lowest BCUT2D eigenvalue weighted by atomic mass is 9.99. The molecule has 152 valence electrons. The molecule has 2 heterocycles. The summed E-state index contributed by atoms with van der Waals surface area (Å²) in [5, 5.41) is 28.5. The standard InChI is InChI=1S/C21H19N5O4/c1-14-20(22-23-25(14)17-3-2-4-18(13-17)26(29)30)21(28)24-11-9-16(10-12-24)15-5-7-19(27)8-6-15/h2-9,13,27H,10-12H2,1H3. The number of carbonyl (C=O) groups is 1. The Labute approximate surface area is 172 Å². The van der Waals surface area contributed by atoms with E-state index in [9.17, 15) is 20.0 Å². The first-order valence-electron chi connectivity index (χ1n) is 9.39. The van der Waals surface area contributed by atoms with Gasteiger partial charge in [-0.25, -0.2) is 4.68 Å². The summed E-state index contributed by atoms with van der Waals surface area (Å²) in [6.45, 7) is 2.69. The van der Waals surface area contributed by atoms with Gasteiger partial charge in [0.1, 0.15) is 5.75 Å². The van der Waals surface area contributed by atoms with Crippen LogP contribution in [0.25, 0.3) is 11.3 Å². The van der Waals surface area contributed by atoms with E-state index in [1.807, 2.05) is 18.2 Å². The molecule has 0 aliphatic carbocycles. The fourth-order valence-corrected chi connectivity index (χ4v) is 3.45. The van der Waals surface area contributed by atoms with E-state index in [1.165, 1.54) is 16.8 Å². The zero-order valence-corrected chi connectivity index (χ0v) is 16.2. The number of phenols is 1. The van der Waals surface area contributed by atoms with Gasteiger partial charge in [-0.05, 0) is 42.7 Å². The summed E-state index contributed by atoms with van der Waals surface area (Å²) in [7, 11) is 0. The van der Waals surface area contributed by atoms with E-state index in [-0.39, 0.29) is 23.0 Å². The smallest absolute Gasteiger partial charge is 0.276 e. The third-order valence-electron chi connectivity index (χ3n) is 5.12. The molecule has 1 aliphatic heterocycles. The summed E-state index contributed by atoms with van der Waals surface area (Å²) >= 11 is 0. The minimum Gasteiger partial charge on any atom is -0.508 e. The highest BCUT2D eigenvalue weighted by Gasteiger charge is 2.25. The Hall–Kier alpha value is -4.01. The minimum atomic E-state index is -0.479. The van der Waals surface area contributed by atoms with E-state index in [0.29, 0.717) is 30.9 Å². The third-order valence-corrected chi connectivity index (χ3v) is 5.12. The molecule has 4 rings (SSSR count). The van der Waals surface area contributed by atoms with Gasteiger partial charge in [-0.1, -0.05) is 29.5 Å². The molecule has 0 saturated carbocycles. The number of aromatic hydroxyl groups is 1. The molecule has 1 amide bonds. The molecule has 0 bridgehead atoms. The van der Waals surface area contributed by atoms with E-state index < -0.39 is 4.92 Å². The summed E-state index contributed by atoms with van der Waals surface area (Å²) in [6.07, 6.45) is 2.68. The number of benzene rings is 2. The molecule has 1 aliphatic rings. The largest absolute Gasteiger partial charge is 0.508 e. The van der Waals surface area contributed by atoms with Gasteiger partial charge in [-0.3, -0.25) is 14.9 Å². The average Bonchev–Trinajstić information content (AvgIpc) is 3.15. The monoisotopic (exact) mass is 405 g/mol. The lowest BCUT2D eigenvalue weighted by molar-refractivity contribution is -0.384. The maximum Gasteiger partial charge on any atom is 0.276 e. The van der Waals surface area contributed by atoms with E-state index in [1.54, 1.807) is 36.1 Å². The lowest BCUT2D eigenvalue weighted by Crippen LogP contribution is -2.35. The number of amides is 1. The van der Waals surface area contributed by atoms with E-state index in [2.05, 4.69) is 10.3 Å². The summed E-state index contributed by atoms with van der Waals surface area (Å²) in [4.78, 5) is 25.2. The van der Waals surface area contributed by atoms with Gasteiger partial charge < -0.3 is 10.0 Å². The predicted molar refractivity (Wildman–Crippen MR) is 109 cm³/mol. The molecule has 3 aromatic rings. The van der Waals surface area contributed by atoms with Gasteiger partial charge in [-0.15, -0.1) is 5.10 Å². The van der Waals surface area contributed by atoms with Crippen LogP contribution in [0.3, 0.4) is 0 Å². The van der Waals surface area contributed by atoms with Gasteiger partial charge in [0.15, 0.2) is 5.69 Å². The molecule has 0 spiro atoms. The molecule has 0 atom stereocenters. The van der Waals surface area contributed by atoms with Crippen LogP contribution in [0.2, 0.25) is 0 Å². The Morgan fingerprint density at radius 1 is 1.20 bits per heavy atom. The Bertz CT molecular complexity index is 1150. The quantitative estimate of drug-likeness (QED) is 0.527. The van der Waals surface area contributed by atoms with Crippen LogP contribution in [0.15, 0.2) is 54.6 Å². The molecular formula is C21H19N5O4. The number of carbonyl (C=O) groups excluding carboxylic acids is 1. The molecule has 0 fully saturated rings. The normalized spacial score (nSPS) is 13.8. The van der Waals surface area contributed by atoms with Crippen LogP contribution in [0.5, 0.6) is 5.75 Å². The Morgan fingerprint density at radius 3 is 2.63 bits per heavy atom. The predicted octanol–water partition coefficient (Wildman–Crippen LogP) is 3.12. The summed E-state index contributed by atoms with van der Waals surface area (Å²) in [5.41, 5.74) is 3.31. The van der Waals surface area contributed by atoms with Gasteiger partial charge in [0.25, 0.3) is 11.6 Å². The summed E-state index contributed by atoms with van der Waals surface area (Å²) in [6, 6.07) is 13.0. The summed E-state index contributed by atoms with van der Waals surface area (Å²) < 4.78 is 1.43. The maximum absolute atomic E-state index is 13.0. The molecule has 2 aromatic carbocycles. The molecule has 0 saturated heterocycles. The molecule has 9 nitrogen and oxygen atoms in total. The highest BCUT2D eigenvalue weighted by molar-refractivity contribution is 5.94. The number of non-ortho nitro benzene ring substituents is 1. The number of rotatable bonds is 4. The number of hydrogen-bond acceptors (Lipinski definition) is 6. The fourth-order valence-electron chi connectivity index (χ4n) is 3.45. The first-order chi connectivity index (χ1) is 14.4. The van der Waals surface area contributed by atoms with Crippen molar-refractivity contribution < 1.29 is 14.8 Å². The van der Waals surface area contributed by atoms with E-state index >= 15 is 0 Å². The van der Waals surface area contributed by atoms with E-state index in [4.69, 9.17) is 0 Å². The van der Waals surface area contributed by atoms with Crippen LogP contribution in [-0.2, 0) is 0 Å². The molecule has 30 heavy (non-hydrogen) atoms. The second-order valence-corrected chi connectivity index (χ2v) is 6.99. The van der Waals surface area contributed by atoms with Gasteiger partial charge in [0.2, 0.25) is 0 Å². The molecule has 1 aromatic heterocycles. The number of phenolic OH excluding ortho intramolecular Hbond substituents is 1. The molecule has 9 heteroatoms. The second-order valence-electron chi connectivity index (χ2n) is 6.99. The fraction of sp³-hybridized carbons (Fsp3) is 0.190. The van der Waals surface area contributed by atoms with Crippen LogP contribution in [-0.4, -0.2) is 48.9 Å². The average molecular weight is 405 g/mol. The highest BCUT2D eigenvalue weighted by Crippen LogP contribution is 2.25. The molecule has 1 N–H and O–H groups in total. The number of nitro benzene ring substituents is 1. The summed E-state index contributed by atoms with van der Waals surface area (Å²) in [5.74, 6) is -0.0144. The van der Waals surface area contributed by atoms with E-state index in [0.717, 1.165) is 11.1 Å². The Kier molecular flexibility index (Phi) is 5.01. The van der Waals surface area contributed by atoms with Crippen molar-refractivity contribution in [2.45, 2.75) is 13.3 Å². The van der Waals surface area contributed by atoms with Crippen LogP contribution >= 0.6 is 0 Å². The Morgan fingerprint density at radius 2 is 1.97 bits per heavy atom. The molecule has 0 radical (unpaired) electrons. The van der Waals surface area contributed by atoms with Crippen LogP contribution in [0.4, 0.5) is 5.69 Å². The van der Waals surface area contributed by atoms with Crippen molar-refractivity contribution in [3.05, 3.63) is 81.7 Å². The van der Waals surface area contributed by atoms with Crippen LogP contribution in [0.1, 0.15) is 28.2 Å². The van der Waals surface area contributed by atoms with Crippen molar-refractivity contribution in [2.75, 3.05) is 13.1 Å². The van der Waals surface area contributed by atoms with Gasteiger partial charge >= 0.3 is 0 Å². The second kappa shape index (κ2) is 7.78. The minimum absolute atomic E-state index is 0.0572. The Balaban J connectivity index is 1.53. The van der Waals surface area contributed by atoms with Crippen LogP contribution in [0, 0.1) is 17.0 Å².